The molecule has 2 atom stereocenters. The number of ether oxygens (including phenoxy) is 1. The van der Waals surface area contributed by atoms with Gasteiger partial charge in [0.1, 0.15) is 11.6 Å². The Morgan fingerprint density at radius 2 is 1.89 bits per heavy atom. The zero-order valence-corrected chi connectivity index (χ0v) is 10.5. The summed E-state index contributed by atoms with van der Waals surface area (Å²) in [5.74, 6) is -0.605. The second-order valence-electron chi connectivity index (χ2n) is 4.90. The molecule has 0 bridgehead atoms. The van der Waals surface area contributed by atoms with Gasteiger partial charge in [-0.05, 0) is 49.8 Å². The summed E-state index contributed by atoms with van der Waals surface area (Å²) in [4.78, 5) is 0. The van der Waals surface area contributed by atoms with E-state index in [0.29, 0.717) is 24.5 Å². The van der Waals surface area contributed by atoms with Crippen LogP contribution in [0.5, 0.6) is 0 Å². The van der Waals surface area contributed by atoms with Gasteiger partial charge in [-0.25, -0.2) is 8.78 Å². The molecule has 1 aromatic rings. The Morgan fingerprint density at radius 3 is 2.39 bits per heavy atom. The van der Waals surface area contributed by atoms with Gasteiger partial charge in [-0.1, -0.05) is 0 Å². The standard InChI is InChI=1S/C14H19F2NO/c1-2-18-14(10-3-4-10)13(17)7-9-5-11(15)8-12(16)6-9/h5-6,8,10,13-14H,2-4,7,17H2,1H3. The lowest BCUT2D eigenvalue weighted by atomic mass is 9.99. The SMILES string of the molecule is CCOC(C(N)Cc1cc(F)cc(F)c1)C1CC1. The molecule has 0 radical (unpaired) electrons. The lowest BCUT2D eigenvalue weighted by Gasteiger charge is -2.23. The van der Waals surface area contributed by atoms with Crippen molar-refractivity contribution in [1.29, 1.82) is 0 Å². The van der Waals surface area contributed by atoms with Crippen molar-refractivity contribution in [3.05, 3.63) is 35.4 Å². The third-order valence-corrected chi connectivity index (χ3v) is 3.26. The first kappa shape index (κ1) is 13.4. The molecule has 1 fully saturated rings. The Balaban J connectivity index is 2.02. The van der Waals surface area contributed by atoms with Gasteiger partial charge in [-0.2, -0.15) is 0 Å². The van der Waals surface area contributed by atoms with E-state index in [4.69, 9.17) is 10.5 Å². The van der Waals surface area contributed by atoms with Gasteiger partial charge in [0, 0.05) is 18.7 Å². The van der Waals surface area contributed by atoms with Crippen LogP contribution in [-0.4, -0.2) is 18.8 Å². The Morgan fingerprint density at radius 1 is 1.28 bits per heavy atom. The second kappa shape index (κ2) is 5.76. The van der Waals surface area contributed by atoms with Crippen molar-refractivity contribution in [1.82, 2.24) is 0 Å². The predicted octanol–water partition coefficient (Wildman–Crippen LogP) is 2.65. The molecular weight excluding hydrogens is 236 g/mol. The predicted molar refractivity (Wildman–Crippen MR) is 66.2 cm³/mol. The average Bonchev–Trinajstić information content (AvgIpc) is 3.07. The first-order chi connectivity index (χ1) is 8.60. The molecule has 0 aliphatic heterocycles. The van der Waals surface area contributed by atoms with E-state index in [1.54, 1.807) is 0 Å². The molecule has 0 spiro atoms. The van der Waals surface area contributed by atoms with Gasteiger partial charge in [-0.15, -0.1) is 0 Å². The van der Waals surface area contributed by atoms with Crippen LogP contribution >= 0.6 is 0 Å². The first-order valence-electron chi connectivity index (χ1n) is 6.42. The zero-order chi connectivity index (χ0) is 13.1. The van der Waals surface area contributed by atoms with Crippen molar-refractivity contribution < 1.29 is 13.5 Å². The fourth-order valence-corrected chi connectivity index (χ4v) is 2.34. The molecule has 1 aromatic carbocycles. The summed E-state index contributed by atoms with van der Waals surface area (Å²) in [5, 5.41) is 0. The molecular formula is C14H19F2NO. The molecule has 1 aliphatic carbocycles. The first-order valence-corrected chi connectivity index (χ1v) is 6.42. The van der Waals surface area contributed by atoms with Crippen LogP contribution in [0.1, 0.15) is 25.3 Å². The van der Waals surface area contributed by atoms with Crippen molar-refractivity contribution in [3.8, 4) is 0 Å². The van der Waals surface area contributed by atoms with Crippen LogP contribution < -0.4 is 5.73 Å². The summed E-state index contributed by atoms with van der Waals surface area (Å²) < 4.78 is 31.8. The van der Waals surface area contributed by atoms with Gasteiger partial charge in [0.25, 0.3) is 0 Å². The molecule has 0 amide bonds. The summed E-state index contributed by atoms with van der Waals surface area (Å²) >= 11 is 0. The van der Waals surface area contributed by atoms with Crippen LogP contribution in [0.25, 0.3) is 0 Å². The van der Waals surface area contributed by atoms with Gasteiger partial charge in [0.2, 0.25) is 0 Å². The Labute approximate surface area is 106 Å². The van der Waals surface area contributed by atoms with E-state index in [0.717, 1.165) is 18.9 Å². The van der Waals surface area contributed by atoms with E-state index in [1.165, 1.54) is 12.1 Å². The summed E-state index contributed by atoms with van der Waals surface area (Å²) in [6.45, 7) is 2.55. The molecule has 4 heteroatoms. The molecule has 18 heavy (non-hydrogen) atoms. The largest absolute Gasteiger partial charge is 0.377 e. The lowest BCUT2D eigenvalue weighted by molar-refractivity contribution is 0.0287. The van der Waals surface area contributed by atoms with Gasteiger partial charge < -0.3 is 10.5 Å². The molecule has 0 heterocycles. The van der Waals surface area contributed by atoms with Crippen LogP contribution in [0, 0.1) is 17.6 Å². The third kappa shape index (κ3) is 3.50. The fourth-order valence-electron chi connectivity index (χ4n) is 2.34. The smallest absolute Gasteiger partial charge is 0.126 e. The molecule has 1 aliphatic rings. The highest BCUT2D eigenvalue weighted by Crippen LogP contribution is 2.36. The summed E-state index contributed by atoms with van der Waals surface area (Å²) in [7, 11) is 0. The van der Waals surface area contributed by atoms with Crippen molar-refractivity contribution in [3.63, 3.8) is 0 Å². The van der Waals surface area contributed by atoms with Crippen LogP contribution in [0.3, 0.4) is 0 Å². The second-order valence-corrected chi connectivity index (χ2v) is 4.90. The quantitative estimate of drug-likeness (QED) is 0.848. The number of nitrogens with two attached hydrogens (primary N) is 1. The molecule has 2 unspecified atom stereocenters. The maximum atomic E-state index is 13.1. The highest BCUT2D eigenvalue weighted by molar-refractivity contribution is 5.19. The van der Waals surface area contributed by atoms with Gasteiger partial charge in [-0.3, -0.25) is 0 Å². The fraction of sp³-hybridized carbons (Fsp3) is 0.571. The Kier molecular flexibility index (Phi) is 4.30. The van der Waals surface area contributed by atoms with Crippen molar-refractivity contribution in [2.45, 2.75) is 38.3 Å². The molecule has 100 valence electrons. The van der Waals surface area contributed by atoms with E-state index in [1.807, 2.05) is 6.92 Å². The molecule has 0 aromatic heterocycles. The summed E-state index contributed by atoms with van der Waals surface area (Å²) in [6, 6.07) is 3.33. The van der Waals surface area contributed by atoms with Crippen molar-refractivity contribution in [2.24, 2.45) is 11.7 Å². The molecule has 2 rings (SSSR count). The third-order valence-electron chi connectivity index (χ3n) is 3.26. The minimum atomic E-state index is -0.559. The summed E-state index contributed by atoms with van der Waals surface area (Å²) in [6.07, 6.45) is 2.71. The normalized spacial score (nSPS) is 18.7. The van der Waals surface area contributed by atoms with E-state index in [-0.39, 0.29) is 12.1 Å². The van der Waals surface area contributed by atoms with Crippen molar-refractivity contribution >= 4 is 0 Å². The zero-order valence-electron chi connectivity index (χ0n) is 10.5. The number of hydrogen-bond donors (Lipinski definition) is 1. The molecule has 0 saturated heterocycles. The van der Waals surface area contributed by atoms with Crippen LogP contribution in [0.4, 0.5) is 8.78 Å². The van der Waals surface area contributed by atoms with E-state index in [9.17, 15) is 8.78 Å². The minimum absolute atomic E-state index is 0.00123. The molecule has 2 N–H and O–H groups in total. The molecule has 2 nitrogen and oxygen atoms in total. The monoisotopic (exact) mass is 255 g/mol. The molecule has 1 saturated carbocycles. The average molecular weight is 255 g/mol. The highest BCUT2D eigenvalue weighted by Gasteiger charge is 2.35. The Hall–Kier alpha value is -1.00. The van der Waals surface area contributed by atoms with Gasteiger partial charge in [0.15, 0.2) is 0 Å². The topological polar surface area (TPSA) is 35.2 Å². The van der Waals surface area contributed by atoms with Gasteiger partial charge >= 0.3 is 0 Å². The lowest BCUT2D eigenvalue weighted by Crippen LogP contribution is -2.40. The number of benzene rings is 1. The van der Waals surface area contributed by atoms with Crippen molar-refractivity contribution in [2.75, 3.05) is 6.61 Å². The highest BCUT2D eigenvalue weighted by atomic mass is 19.1. The van der Waals surface area contributed by atoms with E-state index in [2.05, 4.69) is 0 Å². The van der Waals surface area contributed by atoms with E-state index >= 15 is 0 Å². The number of rotatable bonds is 6. The Bertz CT molecular complexity index is 387. The van der Waals surface area contributed by atoms with Crippen LogP contribution in [-0.2, 0) is 11.2 Å². The number of halogens is 2. The van der Waals surface area contributed by atoms with Crippen LogP contribution in [0.15, 0.2) is 18.2 Å². The number of hydrogen-bond acceptors (Lipinski definition) is 2. The van der Waals surface area contributed by atoms with Crippen LogP contribution in [0.2, 0.25) is 0 Å². The van der Waals surface area contributed by atoms with E-state index < -0.39 is 11.6 Å². The summed E-state index contributed by atoms with van der Waals surface area (Å²) in [5.41, 5.74) is 6.70. The van der Waals surface area contributed by atoms with Gasteiger partial charge in [0.05, 0.1) is 6.10 Å². The maximum Gasteiger partial charge on any atom is 0.126 e. The maximum absolute atomic E-state index is 13.1. The minimum Gasteiger partial charge on any atom is -0.377 e.